The first-order chi connectivity index (χ1) is 21.9. The predicted molar refractivity (Wildman–Crippen MR) is 179 cm³/mol. The van der Waals surface area contributed by atoms with Crippen molar-refractivity contribution in [3.05, 3.63) is 89.1 Å². The van der Waals surface area contributed by atoms with Crippen LogP contribution in [0.4, 0.5) is 5.69 Å². The monoisotopic (exact) mass is 666 g/mol. The van der Waals surface area contributed by atoms with Gasteiger partial charge in [-0.1, -0.05) is 36.7 Å². The third kappa shape index (κ3) is 7.23. The molecule has 3 aromatic carbocycles. The molecule has 2 N–H and O–H groups in total. The molecule has 0 saturated carbocycles. The van der Waals surface area contributed by atoms with Crippen molar-refractivity contribution in [1.82, 2.24) is 13.8 Å². The fraction of sp³-hybridized carbons (Fsp3) is 0.353. The van der Waals surface area contributed by atoms with Gasteiger partial charge in [-0.2, -0.15) is 4.31 Å². The highest BCUT2D eigenvalue weighted by Gasteiger charge is 2.33. The summed E-state index contributed by atoms with van der Waals surface area (Å²) in [5.41, 5.74) is 2.99. The standard InChI is InChI=1S/C34H39ClN4O6S/c1-22-18-39(23(2)21-40)34(42)17-24-15-27(36-33(41)16-25-19-37(3)30-8-6-5-7-29(25)30)11-14-31(24)45-32(22)20-38(4)46(43,44)28-12-9-26(35)10-13-28/h5-15,19,22-23,32,40H,16-18,20-21H2,1-4H3,(H,36,41)/t22-,23-,32+/m0/s1. The van der Waals surface area contributed by atoms with Gasteiger partial charge in [-0.05, 0) is 61.0 Å². The van der Waals surface area contributed by atoms with Crippen LogP contribution in [0.1, 0.15) is 25.0 Å². The maximum absolute atomic E-state index is 13.6. The molecular formula is C34H39ClN4O6S. The molecule has 46 heavy (non-hydrogen) atoms. The number of carbonyl (C=O) groups is 2. The molecule has 0 spiro atoms. The summed E-state index contributed by atoms with van der Waals surface area (Å²) in [4.78, 5) is 28.4. The van der Waals surface area contributed by atoms with Crippen molar-refractivity contribution in [2.24, 2.45) is 13.0 Å². The highest BCUT2D eigenvalue weighted by molar-refractivity contribution is 7.89. The molecule has 0 fully saturated rings. The molecular weight excluding hydrogens is 628 g/mol. The van der Waals surface area contributed by atoms with Gasteiger partial charge < -0.3 is 24.6 Å². The van der Waals surface area contributed by atoms with Crippen LogP contribution < -0.4 is 10.1 Å². The maximum atomic E-state index is 13.6. The van der Waals surface area contributed by atoms with E-state index in [1.54, 1.807) is 30.0 Å². The van der Waals surface area contributed by atoms with Gasteiger partial charge in [-0.3, -0.25) is 9.59 Å². The fourth-order valence-electron chi connectivity index (χ4n) is 5.81. The Bertz CT molecular complexity index is 1840. The van der Waals surface area contributed by atoms with E-state index in [1.807, 2.05) is 49.0 Å². The van der Waals surface area contributed by atoms with Crippen LogP contribution >= 0.6 is 11.6 Å². The molecule has 0 bridgehead atoms. The topological polar surface area (TPSA) is 121 Å². The minimum absolute atomic E-state index is 0.00459. The summed E-state index contributed by atoms with van der Waals surface area (Å²) in [7, 11) is -0.434. The lowest BCUT2D eigenvalue weighted by molar-refractivity contribution is -0.134. The summed E-state index contributed by atoms with van der Waals surface area (Å²) >= 11 is 5.97. The van der Waals surface area contributed by atoms with Crippen LogP contribution in [0.15, 0.2) is 77.8 Å². The molecule has 1 aromatic heterocycles. The molecule has 1 aliphatic heterocycles. The van der Waals surface area contributed by atoms with Crippen LogP contribution in [0.25, 0.3) is 10.9 Å². The molecule has 2 heterocycles. The number of nitrogens with zero attached hydrogens (tertiary/aromatic N) is 3. The van der Waals surface area contributed by atoms with Crippen LogP contribution in [-0.4, -0.2) is 78.0 Å². The van der Waals surface area contributed by atoms with Gasteiger partial charge in [0, 0.05) is 59.9 Å². The minimum atomic E-state index is -3.86. The van der Waals surface area contributed by atoms with Crippen molar-refractivity contribution in [3.63, 3.8) is 0 Å². The molecule has 244 valence electrons. The largest absolute Gasteiger partial charge is 0.488 e. The van der Waals surface area contributed by atoms with Crippen molar-refractivity contribution < 1.29 is 27.9 Å². The Morgan fingerprint density at radius 2 is 1.87 bits per heavy atom. The zero-order valence-electron chi connectivity index (χ0n) is 26.3. The third-order valence-electron chi connectivity index (χ3n) is 8.49. The molecule has 0 aliphatic carbocycles. The molecule has 1 aliphatic rings. The summed E-state index contributed by atoms with van der Waals surface area (Å²) in [6, 6.07) is 18.5. The van der Waals surface area contributed by atoms with Crippen molar-refractivity contribution >= 4 is 50.0 Å². The number of amides is 2. The summed E-state index contributed by atoms with van der Waals surface area (Å²) in [6.45, 7) is 3.68. The Morgan fingerprint density at radius 3 is 2.59 bits per heavy atom. The number of aliphatic hydroxyl groups is 1. The first kappa shape index (κ1) is 33.5. The second-order valence-corrected chi connectivity index (χ2v) is 14.4. The number of likely N-dealkylation sites (N-methyl/N-ethyl adjacent to an activating group) is 1. The number of sulfonamides is 1. The molecule has 0 radical (unpaired) electrons. The van der Waals surface area contributed by atoms with Gasteiger partial charge >= 0.3 is 0 Å². The van der Waals surface area contributed by atoms with E-state index in [-0.39, 0.29) is 55.2 Å². The number of para-hydroxylation sites is 1. The number of fused-ring (bicyclic) bond motifs is 2. The molecule has 2 amide bonds. The Balaban J connectivity index is 1.41. The third-order valence-corrected chi connectivity index (χ3v) is 10.6. The summed E-state index contributed by atoms with van der Waals surface area (Å²) in [5, 5.41) is 14.3. The van der Waals surface area contributed by atoms with Crippen LogP contribution in [0.2, 0.25) is 5.02 Å². The van der Waals surface area contributed by atoms with Crippen molar-refractivity contribution in [1.29, 1.82) is 0 Å². The number of ether oxygens (including phenoxy) is 1. The molecule has 5 rings (SSSR count). The van der Waals surface area contributed by atoms with E-state index in [2.05, 4.69) is 5.32 Å². The average Bonchev–Trinajstić information content (AvgIpc) is 3.35. The summed E-state index contributed by atoms with van der Waals surface area (Å²) in [5.74, 6) is -0.289. The highest BCUT2D eigenvalue weighted by atomic mass is 35.5. The van der Waals surface area contributed by atoms with Gasteiger partial charge in [0.2, 0.25) is 21.8 Å². The van der Waals surface area contributed by atoms with E-state index in [4.69, 9.17) is 16.3 Å². The van der Waals surface area contributed by atoms with E-state index >= 15 is 0 Å². The lowest BCUT2D eigenvalue weighted by Crippen LogP contribution is -2.48. The first-order valence-corrected chi connectivity index (χ1v) is 16.9. The number of aryl methyl sites for hydroxylation is 1. The zero-order chi connectivity index (χ0) is 33.2. The van der Waals surface area contributed by atoms with E-state index in [0.717, 1.165) is 16.5 Å². The zero-order valence-corrected chi connectivity index (χ0v) is 27.9. The number of nitrogens with one attached hydrogen (secondary N) is 1. The summed E-state index contributed by atoms with van der Waals surface area (Å²) in [6.07, 6.45) is 1.45. The van der Waals surface area contributed by atoms with Crippen LogP contribution in [0.5, 0.6) is 5.75 Å². The number of benzene rings is 3. The van der Waals surface area contributed by atoms with E-state index < -0.39 is 22.2 Å². The average molecular weight is 667 g/mol. The maximum Gasteiger partial charge on any atom is 0.242 e. The van der Waals surface area contributed by atoms with Gasteiger partial charge in [0.1, 0.15) is 11.9 Å². The van der Waals surface area contributed by atoms with E-state index in [1.165, 1.54) is 35.6 Å². The number of carbonyl (C=O) groups excluding carboxylic acids is 2. The Hall–Kier alpha value is -3.90. The van der Waals surface area contributed by atoms with Gasteiger partial charge in [0.15, 0.2) is 0 Å². The molecule has 0 saturated heterocycles. The molecule has 4 aromatic rings. The summed E-state index contributed by atoms with van der Waals surface area (Å²) < 4.78 is 36.5. The van der Waals surface area contributed by atoms with Crippen LogP contribution in [0, 0.1) is 5.92 Å². The van der Waals surface area contributed by atoms with Crippen LogP contribution in [0.3, 0.4) is 0 Å². The number of halogens is 1. The van der Waals surface area contributed by atoms with E-state index in [0.29, 0.717) is 22.0 Å². The Labute approximate surface area is 274 Å². The Morgan fingerprint density at radius 1 is 1.15 bits per heavy atom. The van der Waals surface area contributed by atoms with Crippen molar-refractivity contribution in [2.75, 3.05) is 32.1 Å². The first-order valence-electron chi connectivity index (χ1n) is 15.1. The molecule has 0 unspecified atom stereocenters. The fourth-order valence-corrected chi connectivity index (χ4v) is 7.12. The normalized spacial score (nSPS) is 18.0. The van der Waals surface area contributed by atoms with Gasteiger partial charge in [0.05, 0.1) is 36.9 Å². The van der Waals surface area contributed by atoms with Gasteiger partial charge in [-0.15, -0.1) is 0 Å². The predicted octanol–water partition coefficient (Wildman–Crippen LogP) is 4.48. The Kier molecular flexibility index (Phi) is 10.1. The minimum Gasteiger partial charge on any atom is -0.488 e. The SMILES string of the molecule is C[C@H]1CN([C@@H](C)CO)C(=O)Cc2cc(NC(=O)Cc3cn(C)c4ccccc34)ccc2O[C@@H]1CN(C)S(=O)(=O)c1ccc(Cl)cc1. The van der Waals surface area contributed by atoms with Gasteiger partial charge in [0.25, 0.3) is 0 Å². The quantitative estimate of drug-likeness (QED) is 0.272. The molecule has 3 atom stereocenters. The lowest BCUT2D eigenvalue weighted by atomic mass is 10.0. The number of rotatable bonds is 9. The lowest BCUT2D eigenvalue weighted by Gasteiger charge is -2.33. The number of hydrogen-bond donors (Lipinski definition) is 2. The van der Waals surface area contributed by atoms with Crippen LogP contribution in [-0.2, 0) is 39.5 Å². The molecule has 10 nitrogen and oxygen atoms in total. The number of aliphatic hydroxyl groups excluding tert-OH is 1. The second-order valence-electron chi connectivity index (χ2n) is 12.0. The van der Waals surface area contributed by atoms with Gasteiger partial charge in [-0.25, -0.2) is 8.42 Å². The number of aromatic nitrogens is 1. The van der Waals surface area contributed by atoms with Crippen molar-refractivity contribution in [3.8, 4) is 5.75 Å². The van der Waals surface area contributed by atoms with Crippen molar-refractivity contribution in [2.45, 2.75) is 43.7 Å². The molecule has 12 heteroatoms. The van der Waals surface area contributed by atoms with E-state index in [9.17, 15) is 23.1 Å². The second kappa shape index (κ2) is 13.8. The highest BCUT2D eigenvalue weighted by Crippen LogP contribution is 2.30. The number of hydrogen-bond acceptors (Lipinski definition) is 6. The smallest absolute Gasteiger partial charge is 0.242 e. The number of anilines is 1.